The second-order valence-corrected chi connectivity index (χ2v) is 12.6. The SMILES string of the molecule is CCCCCCCCCCCCCCc1cc(C)cc(C)[n+]1CCNC(=O)CCCCCCCCCCCCC.[Cl-]. The number of aryl methyl sites for hydroxylation is 3. The van der Waals surface area contributed by atoms with Gasteiger partial charge in [-0.25, -0.2) is 0 Å². The predicted octanol–water partition coefficient (Wildman–Crippen LogP) is 7.66. The second-order valence-electron chi connectivity index (χ2n) is 12.6. The number of carbonyl (C=O) groups excluding carboxylic acids is 1. The average Bonchev–Trinajstić information content (AvgIpc) is 2.93. The fraction of sp³-hybridized carbons (Fsp3) is 0.838. The third kappa shape index (κ3) is 23.1. The van der Waals surface area contributed by atoms with Crippen LogP contribution in [0.3, 0.4) is 0 Å². The molecule has 1 amide bonds. The van der Waals surface area contributed by atoms with E-state index in [-0.39, 0.29) is 18.3 Å². The van der Waals surface area contributed by atoms with Crippen LogP contribution in [-0.2, 0) is 17.8 Å². The maximum atomic E-state index is 12.4. The third-order valence-corrected chi connectivity index (χ3v) is 8.55. The lowest BCUT2D eigenvalue weighted by atomic mass is 10.0. The van der Waals surface area contributed by atoms with Crippen molar-refractivity contribution in [2.24, 2.45) is 0 Å². The number of carbonyl (C=O) groups is 1. The summed E-state index contributed by atoms with van der Waals surface area (Å²) in [5.74, 6) is 0.226. The Morgan fingerprint density at radius 2 is 1.02 bits per heavy atom. The summed E-state index contributed by atoms with van der Waals surface area (Å²) in [4.78, 5) is 12.4. The molecule has 0 aromatic carbocycles. The van der Waals surface area contributed by atoms with Gasteiger partial charge in [0.05, 0.1) is 6.54 Å². The minimum Gasteiger partial charge on any atom is -1.00 e. The van der Waals surface area contributed by atoms with Crippen molar-refractivity contribution in [3.8, 4) is 0 Å². The average molecular weight is 593 g/mol. The van der Waals surface area contributed by atoms with Crippen molar-refractivity contribution in [2.75, 3.05) is 6.54 Å². The monoisotopic (exact) mass is 593 g/mol. The number of nitrogens with zero attached hydrogens (tertiary/aromatic N) is 1. The van der Waals surface area contributed by atoms with Crippen LogP contribution < -0.4 is 22.3 Å². The van der Waals surface area contributed by atoms with E-state index in [1.54, 1.807) is 0 Å². The van der Waals surface area contributed by atoms with Gasteiger partial charge in [-0.15, -0.1) is 0 Å². The number of halogens is 1. The predicted molar refractivity (Wildman–Crippen MR) is 175 cm³/mol. The van der Waals surface area contributed by atoms with E-state index in [0.29, 0.717) is 6.42 Å². The Balaban J connectivity index is 0.0000160. The van der Waals surface area contributed by atoms with E-state index in [2.05, 4.69) is 49.7 Å². The molecule has 0 aliphatic rings. The fourth-order valence-corrected chi connectivity index (χ4v) is 6.04. The summed E-state index contributed by atoms with van der Waals surface area (Å²) in [6, 6.07) is 4.64. The summed E-state index contributed by atoms with van der Waals surface area (Å²) in [7, 11) is 0. The largest absolute Gasteiger partial charge is 1.00 e. The van der Waals surface area contributed by atoms with Crippen molar-refractivity contribution < 1.29 is 21.8 Å². The molecule has 240 valence electrons. The lowest BCUT2D eigenvalue weighted by Gasteiger charge is -2.10. The van der Waals surface area contributed by atoms with E-state index in [4.69, 9.17) is 0 Å². The molecule has 0 bridgehead atoms. The van der Waals surface area contributed by atoms with E-state index in [0.717, 1.165) is 25.9 Å². The van der Waals surface area contributed by atoms with Crippen molar-refractivity contribution >= 4 is 5.91 Å². The first kappa shape index (κ1) is 39.9. The highest BCUT2D eigenvalue weighted by Gasteiger charge is 2.15. The molecule has 1 heterocycles. The summed E-state index contributed by atoms with van der Waals surface area (Å²) in [6.07, 6.45) is 33.1. The molecule has 0 atom stereocenters. The van der Waals surface area contributed by atoms with E-state index >= 15 is 0 Å². The van der Waals surface area contributed by atoms with Crippen LogP contribution in [0.25, 0.3) is 0 Å². The molecule has 4 heteroatoms. The van der Waals surface area contributed by atoms with Crippen molar-refractivity contribution in [1.29, 1.82) is 0 Å². The summed E-state index contributed by atoms with van der Waals surface area (Å²) >= 11 is 0. The van der Waals surface area contributed by atoms with Gasteiger partial charge in [0.25, 0.3) is 0 Å². The standard InChI is InChI=1S/C37H68N2O.ClH/c1-5-7-9-11-13-15-17-19-20-22-24-26-28-36-33-34(3)32-35(4)39(36)31-30-38-37(40)29-27-25-23-21-18-16-14-12-10-8-6-2;/h32-33H,5-31H2,1-4H3;1H. The molecular formula is C37H69ClN2O. The molecule has 1 aromatic rings. The number of amides is 1. The smallest absolute Gasteiger partial charge is 0.220 e. The topological polar surface area (TPSA) is 33.0 Å². The zero-order valence-electron chi connectivity index (χ0n) is 28.0. The summed E-state index contributed by atoms with van der Waals surface area (Å²) in [5, 5.41) is 3.19. The molecule has 1 aromatic heterocycles. The molecule has 3 nitrogen and oxygen atoms in total. The van der Waals surface area contributed by atoms with E-state index in [1.807, 2.05) is 0 Å². The Morgan fingerprint density at radius 3 is 1.49 bits per heavy atom. The van der Waals surface area contributed by atoms with Gasteiger partial charge >= 0.3 is 0 Å². The maximum absolute atomic E-state index is 12.4. The van der Waals surface area contributed by atoms with Crippen molar-refractivity contribution in [1.82, 2.24) is 5.32 Å². The van der Waals surface area contributed by atoms with Crippen LogP contribution in [0.4, 0.5) is 0 Å². The van der Waals surface area contributed by atoms with Crippen molar-refractivity contribution in [3.63, 3.8) is 0 Å². The Morgan fingerprint density at radius 1 is 0.610 bits per heavy atom. The molecule has 1 N–H and O–H groups in total. The van der Waals surface area contributed by atoms with Crippen LogP contribution >= 0.6 is 0 Å². The summed E-state index contributed by atoms with van der Waals surface area (Å²) < 4.78 is 2.44. The molecule has 0 saturated carbocycles. The van der Waals surface area contributed by atoms with E-state index in [1.165, 1.54) is 158 Å². The van der Waals surface area contributed by atoms with Gasteiger partial charge in [0.1, 0.15) is 0 Å². The van der Waals surface area contributed by atoms with Crippen LogP contribution in [0, 0.1) is 13.8 Å². The number of aromatic nitrogens is 1. The number of nitrogens with one attached hydrogen (secondary N) is 1. The molecule has 0 aliphatic heterocycles. The van der Waals surface area contributed by atoms with Gasteiger partial charge in [-0.3, -0.25) is 4.79 Å². The maximum Gasteiger partial charge on any atom is 0.220 e. The second kappa shape index (κ2) is 29.0. The van der Waals surface area contributed by atoms with Crippen LogP contribution in [0.5, 0.6) is 0 Å². The van der Waals surface area contributed by atoms with Crippen LogP contribution in [0.2, 0.25) is 0 Å². The van der Waals surface area contributed by atoms with Crippen molar-refractivity contribution in [3.05, 3.63) is 29.1 Å². The van der Waals surface area contributed by atoms with E-state index in [9.17, 15) is 4.79 Å². The van der Waals surface area contributed by atoms with Gasteiger partial charge in [0.15, 0.2) is 17.9 Å². The Kier molecular flexibility index (Phi) is 28.2. The van der Waals surface area contributed by atoms with Gasteiger partial charge in [-0.2, -0.15) is 4.57 Å². The highest BCUT2D eigenvalue weighted by molar-refractivity contribution is 5.75. The number of unbranched alkanes of at least 4 members (excludes halogenated alkanes) is 21. The van der Waals surface area contributed by atoms with Crippen LogP contribution in [0.1, 0.15) is 185 Å². The number of rotatable bonds is 28. The first-order valence-corrected chi connectivity index (χ1v) is 17.8. The lowest BCUT2D eigenvalue weighted by molar-refractivity contribution is -0.707. The molecule has 0 spiro atoms. The molecule has 0 unspecified atom stereocenters. The Hall–Kier alpha value is -1.09. The van der Waals surface area contributed by atoms with Gasteiger partial charge in [0, 0.05) is 31.9 Å². The molecule has 0 saturated heterocycles. The highest BCUT2D eigenvalue weighted by Crippen LogP contribution is 2.14. The number of hydrogen-bond donors (Lipinski definition) is 1. The number of pyridine rings is 1. The molecular weight excluding hydrogens is 524 g/mol. The van der Waals surface area contributed by atoms with Crippen LogP contribution in [-0.4, -0.2) is 12.5 Å². The zero-order chi connectivity index (χ0) is 29.1. The molecule has 0 aliphatic carbocycles. The van der Waals surface area contributed by atoms with Gasteiger partial charge < -0.3 is 17.7 Å². The van der Waals surface area contributed by atoms with Gasteiger partial charge in [0.2, 0.25) is 5.91 Å². The first-order valence-electron chi connectivity index (χ1n) is 17.8. The Bertz CT molecular complexity index is 736. The van der Waals surface area contributed by atoms with Crippen LogP contribution in [0.15, 0.2) is 12.1 Å². The normalized spacial score (nSPS) is 11.0. The Labute approximate surface area is 262 Å². The lowest BCUT2D eigenvalue weighted by Crippen LogP contribution is -3.00. The fourth-order valence-electron chi connectivity index (χ4n) is 6.04. The van der Waals surface area contributed by atoms with E-state index < -0.39 is 0 Å². The van der Waals surface area contributed by atoms with Gasteiger partial charge in [-0.1, -0.05) is 149 Å². The quantitative estimate of drug-likeness (QED) is 0.0786. The zero-order valence-corrected chi connectivity index (χ0v) is 28.7. The third-order valence-electron chi connectivity index (χ3n) is 8.55. The molecule has 0 radical (unpaired) electrons. The minimum absolute atomic E-state index is 0. The molecule has 1 rings (SSSR count). The number of hydrogen-bond acceptors (Lipinski definition) is 1. The summed E-state index contributed by atoms with van der Waals surface area (Å²) in [5.41, 5.74) is 4.10. The summed E-state index contributed by atoms with van der Waals surface area (Å²) in [6.45, 7) is 10.6. The van der Waals surface area contributed by atoms with Crippen molar-refractivity contribution in [2.45, 2.75) is 195 Å². The van der Waals surface area contributed by atoms with Gasteiger partial charge in [-0.05, 0) is 25.3 Å². The molecule has 41 heavy (non-hydrogen) atoms. The molecule has 0 fully saturated rings. The highest BCUT2D eigenvalue weighted by atomic mass is 35.5. The minimum atomic E-state index is 0. The first-order chi connectivity index (χ1) is 19.6.